The van der Waals surface area contributed by atoms with Gasteiger partial charge in [0.05, 0.1) is 17.7 Å². The molecule has 6 heteroatoms. The van der Waals surface area contributed by atoms with Crippen LogP contribution in [0.2, 0.25) is 5.15 Å². The molecule has 0 fully saturated rings. The molecule has 0 spiro atoms. The van der Waals surface area contributed by atoms with Crippen LogP contribution in [0.15, 0.2) is 39.9 Å². The van der Waals surface area contributed by atoms with Crippen molar-refractivity contribution in [2.24, 2.45) is 0 Å². The Hall–Kier alpha value is -1.85. The standard InChI is InChI=1S/C15H17ClN2O3/c1-15(2,9-21-3)18-13(19)11(12(16)17-14(18)20)10-7-5-4-6-8-10/h4-8H,9H2,1-3H3,(H,17,20). The Morgan fingerprint density at radius 1 is 1.24 bits per heavy atom. The molecule has 0 aliphatic carbocycles. The Labute approximate surface area is 127 Å². The zero-order chi connectivity index (χ0) is 15.6. The summed E-state index contributed by atoms with van der Waals surface area (Å²) in [6.45, 7) is 3.75. The summed E-state index contributed by atoms with van der Waals surface area (Å²) >= 11 is 6.07. The molecular weight excluding hydrogens is 292 g/mol. The minimum absolute atomic E-state index is 0.0423. The molecule has 1 aromatic heterocycles. The van der Waals surface area contributed by atoms with Crippen molar-refractivity contribution >= 4 is 11.6 Å². The fourth-order valence-corrected chi connectivity index (χ4v) is 2.60. The van der Waals surface area contributed by atoms with E-state index in [4.69, 9.17) is 16.3 Å². The van der Waals surface area contributed by atoms with Gasteiger partial charge in [-0.3, -0.25) is 14.3 Å². The molecule has 2 rings (SSSR count). The topological polar surface area (TPSA) is 64.1 Å². The van der Waals surface area contributed by atoms with E-state index in [1.54, 1.807) is 38.1 Å². The number of methoxy groups -OCH3 is 1. The van der Waals surface area contributed by atoms with Gasteiger partial charge in [0.25, 0.3) is 5.56 Å². The summed E-state index contributed by atoms with van der Waals surface area (Å²) < 4.78 is 6.24. The molecule has 0 radical (unpaired) electrons. The summed E-state index contributed by atoms with van der Waals surface area (Å²) in [4.78, 5) is 27.4. The molecule has 0 aliphatic rings. The average Bonchev–Trinajstić information content (AvgIpc) is 2.38. The third-order valence-electron chi connectivity index (χ3n) is 3.22. The van der Waals surface area contributed by atoms with Gasteiger partial charge in [-0.25, -0.2) is 4.79 Å². The summed E-state index contributed by atoms with van der Waals surface area (Å²) in [7, 11) is 1.52. The smallest absolute Gasteiger partial charge is 0.330 e. The summed E-state index contributed by atoms with van der Waals surface area (Å²) in [6.07, 6.45) is 0. The highest BCUT2D eigenvalue weighted by Gasteiger charge is 2.27. The predicted molar refractivity (Wildman–Crippen MR) is 83.0 cm³/mol. The predicted octanol–water partition coefficient (Wildman–Crippen LogP) is 2.24. The van der Waals surface area contributed by atoms with Gasteiger partial charge in [-0.1, -0.05) is 41.9 Å². The maximum Gasteiger partial charge on any atom is 0.330 e. The highest BCUT2D eigenvalue weighted by molar-refractivity contribution is 6.32. The van der Waals surface area contributed by atoms with Crippen LogP contribution in [0.4, 0.5) is 0 Å². The maximum atomic E-state index is 12.7. The molecule has 0 atom stereocenters. The Balaban J connectivity index is 2.76. The number of hydrogen-bond donors (Lipinski definition) is 1. The molecule has 0 aliphatic heterocycles. The SMILES string of the molecule is COCC(C)(C)n1c(=O)[nH]c(Cl)c(-c2ccccc2)c1=O. The van der Waals surface area contributed by atoms with Gasteiger partial charge in [0.15, 0.2) is 0 Å². The molecule has 0 bridgehead atoms. The van der Waals surface area contributed by atoms with E-state index < -0.39 is 16.8 Å². The normalized spacial score (nSPS) is 11.6. The van der Waals surface area contributed by atoms with E-state index in [0.717, 1.165) is 4.57 Å². The van der Waals surface area contributed by atoms with E-state index >= 15 is 0 Å². The van der Waals surface area contributed by atoms with Crippen molar-refractivity contribution in [3.63, 3.8) is 0 Å². The molecule has 0 saturated heterocycles. The lowest BCUT2D eigenvalue weighted by atomic mass is 10.0. The highest BCUT2D eigenvalue weighted by Crippen LogP contribution is 2.22. The minimum atomic E-state index is -0.784. The first-order valence-corrected chi connectivity index (χ1v) is 6.86. The Kier molecular flexibility index (Phi) is 4.34. The maximum absolute atomic E-state index is 12.7. The lowest BCUT2D eigenvalue weighted by molar-refractivity contribution is 0.104. The van der Waals surface area contributed by atoms with Crippen molar-refractivity contribution in [2.45, 2.75) is 19.4 Å². The van der Waals surface area contributed by atoms with Crippen LogP contribution in [0.5, 0.6) is 0 Å². The third kappa shape index (κ3) is 2.94. The molecule has 2 aromatic rings. The van der Waals surface area contributed by atoms with E-state index in [1.807, 2.05) is 6.07 Å². The minimum Gasteiger partial charge on any atom is -0.382 e. The Bertz CT molecular complexity index is 748. The van der Waals surface area contributed by atoms with Crippen molar-refractivity contribution in [1.82, 2.24) is 9.55 Å². The second-order valence-electron chi connectivity index (χ2n) is 5.37. The number of nitrogens with zero attached hydrogens (tertiary/aromatic N) is 1. The number of benzene rings is 1. The van der Waals surface area contributed by atoms with E-state index in [0.29, 0.717) is 5.56 Å². The van der Waals surface area contributed by atoms with Gasteiger partial charge < -0.3 is 4.74 Å². The van der Waals surface area contributed by atoms with Crippen molar-refractivity contribution in [1.29, 1.82) is 0 Å². The van der Waals surface area contributed by atoms with E-state index in [-0.39, 0.29) is 17.3 Å². The molecule has 0 unspecified atom stereocenters. The monoisotopic (exact) mass is 308 g/mol. The lowest BCUT2D eigenvalue weighted by Crippen LogP contribution is -2.49. The van der Waals surface area contributed by atoms with Crippen LogP contribution in [0.3, 0.4) is 0 Å². The first-order chi connectivity index (χ1) is 9.88. The van der Waals surface area contributed by atoms with Crippen LogP contribution in [0.1, 0.15) is 13.8 Å². The van der Waals surface area contributed by atoms with Gasteiger partial charge in [0.2, 0.25) is 0 Å². The number of H-pyrrole nitrogens is 1. The Morgan fingerprint density at radius 2 is 1.86 bits per heavy atom. The van der Waals surface area contributed by atoms with E-state index in [1.165, 1.54) is 7.11 Å². The second kappa shape index (κ2) is 5.87. The van der Waals surface area contributed by atoms with Gasteiger partial charge in [0.1, 0.15) is 5.15 Å². The van der Waals surface area contributed by atoms with E-state index in [2.05, 4.69) is 4.98 Å². The number of halogens is 1. The fourth-order valence-electron chi connectivity index (χ4n) is 2.33. The number of aromatic amines is 1. The van der Waals surface area contributed by atoms with Crippen LogP contribution < -0.4 is 11.2 Å². The molecule has 21 heavy (non-hydrogen) atoms. The van der Waals surface area contributed by atoms with Gasteiger partial charge in [-0.05, 0) is 19.4 Å². The number of ether oxygens (including phenoxy) is 1. The first kappa shape index (κ1) is 15.5. The van der Waals surface area contributed by atoms with Crippen LogP contribution in [-0.4, -0.2) is 23.3 Å². The van der Waals surface area contributed by atoms with Crippen molar-refractivity contribution < 1.29 is 4.74 Å². The summed E-state index contributed by atoms with van der Waals surface area (Å²) in [5, 5.41) is 0.0423. The summed E-state index contributed by atoms with van der Waals surface area (Å²) in [5.74, 6) is 0. The largest absolute Gasteiger partial charge is 0.382 e. The van der Waals surface area contributed by atoms with Gasteiger partial charge in [-0.15, -0.1) is 0 Å². The van der Waals surface area contributed by atoms with Crippen molar-refractivity contribution in [3.8, 4) is 11.1 Å². The van der Waals surface area contributed by atoms with Crippen LogP contribution in [-0.2, 0) is 10.3 Å². The second-order valence-corrected chi connectivity index (χ2v) is 5.75. The average molecular weight is 309 g/mol. The van der Waals surface area contributed by atoms with Crippen molar-refractivity contribution in [3.05, 3.63) is 56.3 Å². The molecule has 112 valence electrons. The van der Waals surface area contributed by atoms with Gasteiger partial charge in [-0.2, -0.15) is 0 Å². The highest BCUT2D eigenvalue weighted by atomic mass is 35.5. The van der Waals surface area contributed by atoms with Crippen molar-refractivity contribution in [2.75, 3.05) is 13.7 Å². The number of hydrogen-bond acceptors (Lipinski definition) is 3. The first-order valence-electron chi connectivity index (χ1n) is 6.48. The number of rotatable bonds is 4. The molecule has 0 saturated carbocycles. The van der Waals surface area contributed by atoms with Crippen LogP contribution >= 0.6 is 11.6 Å². The number of nitrogens with one attached hydrogen (secondary N) is 1. The van der Waals surface area contributed by atoms with Crippen LogP contribution in [0.25, 0.3) is 11.1 Å². The molecule has 1 N–H and O–H groups in total. The molecule has 1 aromatic carbocycles. The van der Waals surface area contributed by atoms with Gasteiger partial charge in [0, 0.05) is 7.11 Å². The molecular formula is C15H17ClN2O3. The zero-order valence-corrected chi connectivity index (χ0v) is 12.9. The van der Waals surface area contributed by atoms with Gasteiger partial charge >= 0.3 is 5.69 Å². The molecule has 5 nitrogen and oxygen atoms in total. The van der Waals surface area contributed by atoms with E-state index in [9.17, 15) is 9.59 Å². The number of aromatic nitrogens is 2. The summed E-state index contributed by atoms with van der Waals surface area (Å²) in [6, 6.07) is 9.00. The Morgan fingerprint density at radius 3 is 2.43 bits per heavy atom. The fraction of sp³-hybridized carbons (Fsp3) is 0.333. The third-order valence-corrected chi connectivity index (χ3v) is 3.51. The molecule has 1 heterocycles. The summed E-state index contributed by atoms with van der Waals surface area (Å²) in [5.41, 5.74) is -0.830. The zero-order valence-electron chi connectivity index (χ0n) is 12.1. The quantitative estimate of drug-likeness (QED) is 0.881. The molecule has 0 amide bonds. The van der Waals surface area contributed by atoms with Crippen LogP contribution in [0, 0.1) is 0 Å². The lowest BCUT2D eigenvalue weighted by Gasteiger charge is -2.26.